The molecule has 0 amide bonds. The Labute approximate surface area is 136 Å². The van der Waals surface area contributed by atoms with Gasteiger partial charge in [0.25, 0.3) is 0 Å². The van der Waals surface area contributed by atoms with Crippen LogP contribution in [0, 0.1) is 12.7 Å². The van der Waals surface area contributed by atoms with E-state index in [-0.39, 0.29) is 5.82 Å². The van der Waals surface area contributed by atoms with Gasteiger partial charge in [0.15, 0.2) is 10.8 Å². The Hall–Kier alpha value is -2.47. The lowest BCUT2D eigenvalue weighted by Gasteiger charge is -2.06. The Kier molecular flexibility index (Phi) is 3.46. The highest BCUT2D eigenvalue weighted by atomic mass is 32.2. The van der Waals surface area contributed by atoms with Gasteiger partial charge in [0, 0.05) is 11.1 Å². The van der Waals surface area contributed by atoms with Crippen molar-refractivity contribution in [1.82, 2.24) is 19.6 Å². The molecule has 0 spiro atoms. The van der Waals surface area contributed by atoms with E-state index in [4.69, 9.17) is 0 Å². The number of hydrogen-bond donors (Lipinski definition) is 0. The van der Waals surface area contributed by atoms with Crippen LogP contribution in [-0.2, 0) is 5.75 Å². The van der Waals surface area contributed by atoms with Crippen LogP contribution >= 0.6 is 11.8 Å². The molecule has 0 aliphatic rings. The Morgan fingerprint density at radius 1 is 1.09 bits per heavy atom. The van der Waals surface area contributed by atoms with Crippen molar-refractivity contribution in [1.29, 1.82) is 0 Å². The summed E-state index contributed by atoms with van der Waals surface area (Å²) >= 11 is 1.52. The third-order valence-electron chi connectivity index (χ3n) is 3.51. The van der Waals surface area contributed by atoms with E-state index in [1.165, 1.54) is 23.9 Å². The monoisotopic (exact) mass is 324 g/mol. The molecule has 6 heteroatoms. The van der Waals surface area contributed by atoms with E-state index < -0.39 is 0 Å². The van der Waals surface area contributed by atoms with Gasteiger partial charge < -0.3 is 0 Å². The molecule has 0 atom stereocenters. The summed E-state index contributed by atoms with van der Waals surface area (Å²) < 4.78 is 15.1. The highest BCUT2D eigenvalue weighted by Gasteiger charge is 2.12. The van der Waals surface area contributed by atoms with Crippen molar-refractivity contribution < 1.29 is 4.39 Å². The first-order valence-electron chi connectivity index (χ1n) is 7.20. The van der Waals surface area contributed by atoms with Crippen LogP contribution in [-0.4, -0.2) is 19.6 Å². The number of aryl methyl sites for hydroxylation is 1. The van der Waals surface area contributed by atoms with Crippen molar-refractivity contribution in [2.75, 3.05) is 0 Å². The zero-order chi connectivity index (χ0) is 15.8. The number of benzene rings is 2. The van der Waals surface area contributed by atoms with Gasteiger partial charge in [-0.1, -0.05) is 36.0 Å². The van der Waals surface area contributed by atoms with E-state index in [9.17, 15) is 4.39 Å². The first kappa shape index (κ1) is 14.1. The molecule has 2 aromatic heterocycles. The largest absolute Gasteiger partial charge is 0.222 e. The normalized spacial score (nSPS) is 11.4. The smallest absolute Gasteiger partial charge is 0.191 e. The number of para-hydroxylation sites is 1. The molecule has 2 aromatic carbocycles. The quantitative estimate of drug-likeness (QED) is 0.422. The molecule has 2 heterocycles. The number of rotatable bonds is 3. The van der Waals surface area contributed by atoms with Crippen LogP contribution in [0.2, 0.25) is 0 Å². The Morgan fingerprint density at radius 2 is 1.96 bits per heavy atom. The number of thioether (sulfide) groups is 1. The first-order valence-corrected chi connectivity index (χ1v) is 8.18. The summed E-state index contributed by atoms with van der Waals surface area (Å²) in [6, 6.07) is 14.5. The van der Waals surface area contributed by atoms with Gasteiger partial charge in [0.2, 0.25) is 0 Å². The highest BCUT2D eigenvalue weighted by Crippen LogP contribution is 2.26. The number of nitrogens with zero attached hydrogens (tertiary/aromatic N) is 4. The molecule has 4 aromatic rings. The Bertz CT molecular complexity index is 1010. The van der Waals surface area contributed by atoms with Gasteiger partial charge in [-0.25, -0.2) is 14.4 Å². The van der Waals surface area contributed by atoms with Gasteiger partial charge in [-0.3, -0.25) is 0 Å². The second kappa shape index (κ2) is 5.62. The second-order valence-electron chi connectivity index (χ2n) is 5.22. The average molecular weight is 324 g/mol. The third-order valence-corrected chi connectivity index (χ3v) is 4.51. The van der Waals surface area contributed by atoms with Crippen molar-refractivity contribution >= 4 is 28.3 Å². The van der Waals surface area contributed by atoms with Crippen molar-refractivity contribution in [2.45, 2.75) is 17.8 Å². The van der Waals surface area contributed by atoms with Crippen LogP contribution in [0.5, 0.6) is 0 Å². The molecule has 0 unspecified atom stereocenters. The molecule has 0 saturated heterocycles. The minimum absolute atomic E-state index is 0.226. The number of hydrogen-bond acceptors (Lipinski definition) is 4. The van der Waals surface area contributed by atoms with Crippen molar-refractivity contribution in [3.63, 3.8) is 0 Å². The molecule has 4 rings (SSSR count). The van der Waals surface area contributed by atoms with E-state index in [0.29, 0.717) is 11.6 Å². The summed E-state index contributed by atoms with van der Waals surface area (Å²) in [7, 11) is 0. The molecular formula is C17H13FN4S. The van der Waals surface area contributed by atoms with Crippen molar-refractivity contribution in [3.8, 4) is 0 Å². The summed E-state index contributed by atoms with van der Waals surface area (Å²) in [5, 5.41) is 6.17. The first-order chi connectivity index (χ1) is 11.2. The molecule has 0 radical (unpaired) electrons. The summed E-state index contributed by atoms with van der Waals surface area (Å²) in [5.41, 5.74) is 2.60. The van der Waals surface area contributed by atoms with Crippen LogP contribution < -0.4 is 0 Å². The predicted molar refractivity (Wildman–Crippen MR) is 89.0 cm³/mol. The predicted octanol–water partition coefficient (Wildman–Crippen LogP) is 4.02. The van der Waals surface area contributed by atoms with Gasteiger partial charge in [-0.15, -0.1) is 5.10 Å². The fraction of sp³-hybridized carbons (Fsp3) is 0.118. The molecule has 0 N–H and O–H groups in total. The zero-order valence-electron chi connectivity index (χ0n) is 12.4. The van der Waals surface area contributed by atoms with E-state index >= 15 is 0 Å². The van der Waals surface area contributed by atoms with Crippen molar-refractivity contribution in [2.24, 2.45) is 0 Å². The van der Waals surface area contributed by atoms with Crippen LogP contribution in [0.4, 0.5) is 4.39 Å². The molecule has 0 aliphatic heterocycles. The van der Waals surface area contributed by atoms with Gasteiger partial charge in [0.05, 0.1) is 5.52 Å². The van der Waals surface area contributed by atoms with Gasteiger partial charge in [0.1, 0.15) is 11.6 Å². The minimum Gasteiger partial charge on any atom is -0.222 e. The topological polar surface area (TPSA) is 43.1 Å². The van der Waals surface area contributed by atoms with E-state index in [1.807, 2.05) is 37.3 Å². The SMILES string of the molecule is Cc1nc2c3ccccc3nc(SCc3cccc(F)c3)n2n1. The van der Waals surface area contributed by atoms with Gasteiger partial charge >= 0.3 is 0 Å². The van der Waals surface area contributed by atoms with Crippen LogP contribution in [0.3, 0.4) is 0 Å². The van der Waals surface area contributed by atoms with Crippen LogP contribution in [0.25, 0.3) is 16.6 Å². The Balaban J connectivity index is 1.78. The number of aromatic nitrogens is 4. The molecule has 0 saturated carbocycles. The lowest BCUT2D eigenvalue weighted by molar-refractivity contribution is 0.626. The van der Waals surface area contributed by atoms with Crippen LogP contribution in [0.15, 0.2) is 53.7 Å². The fourth-order valence-corrected chi connectivity index (χ4v) is 3.39. The molecule has 4 nitrogen and oxygen atoms in total. The maximum atomic E-state index is 13.3. The summed E-state index contributed by atoms with van der Waals surface area (Å²) in [6.45, 7) is 1.86. The van der Waals surface area contributed by atoms with E-state index in [1.54, 1.807) is 10.6 Å². The maximum absolute atomic E-state index is 13.3. The van der Waals surface area contributed by atoms with E-state index in [2.05, 4.69) is 15.1 Å². The minimum atomic E-state index is -0.226. The average Bonchev–Trinajstić information content (AvgIpc) is 2.94. The highest BCUT2D eigenvalue weighted by molar-refractivity contribution is 7.98. The number of halogens is 1. The Morgan fingerprint density at radius 3 is 2.83 bits per heavy atom. The molecule has 0 bridgehead atoms. The second-order valence-corrected chi connectivity index (χ2v) is 6.17. The fourth-order valence-electron chi connectivity index (χ4n) is 2.50. The lowest BCUT2D eigenvalue weighted by Crippen LogP contribution is -1.98. The summed E-state index contributed by atoms with van der Waals surface area (Å²) in [6.07, 6.45) is 0. The molecule has 0 aliphatic carbocycles. The van der Waals surface area contributed by atoms with Crippen LogP contribution in [0.1, 0.15) is 11.4 Å². The molecule has 23 heavy (non-hydrogen) atoms. The number of fused-ring (bicyclic) bond motifs is 3. The van der Waals surface area contributed by atoms with E-state index in [0.717, 1.165) is 27.3 Å². The van der Waals surface area contributed by atoms with Crippen molar-refractivity contribution in [3.05, 3.63) is 65.7 Å². The van der Waals surface area contributed by atoms with Gasteiger partial charge in [-0.2, -0.15) is 4.52 Å². The van der Waals surface area contributed by atoms with Gasteiger partial charge in [-0.05, 0) is 36.8 Å². The molecular weight excluding hydrogens is 311 g/mol. The zero-order valence-corrected chi connectivity index (χ0v) is 13.2. The maximum Gasteiger partial charge on any atom is 0.191 e. The summed E-state index contributed by atoms with van der Waals surface area (Å²) in [5.74, 6) is 1.10. The summed E-state index contributed by atoms with van der Waals surface area (Å²) in [4.78, 5) is 9.19. The lowest BCUT2D eigenvalue weighted by atomic mass is 10.2. The molecule has 0 fully saturated rings. The standard InChI is InChI=1S/C17H13FN4S/c1-11-19-16-14-7-2-3-8-15(14)20-17(22(16)21-11)23-10-12-5-4-6-13(18)9-12/h2-9H,10H2,1H3. The third kappa shape index (κ3) is 2.66. The molecule has 114 valence electrons.